The molecular weight excluding hydrogens is 292 g/mol. The van der Waals surface area contributed by atoms with E-state index in [0.29, 0.717) is 43.9 Å². The zero-order chi connectivity index (χ0) is 16.7. The molecule has 0 atom stereocenters. The van der Waals surface area contributed by atoms with Crippen molar-refractivity contribution in [3.05, 3.63) is 29.8 Å². The largest absolute Gasteiger partial charge is 0.497 e. The summed E-state index contributed by atoms with van der Waals surface area (Å²) in [5, 5.41) is 0. The van der Waals surface area contributed by atoms with Crippen LogP contribution in [-0.2, 0) is 4.79 Å². The van der Waals surface area contributed by atoms with Gasteiger partial charge in [-0.25, -0.2) is 0 Å². The lowest BCUT2D eigenvalue weighted by molar-refractivity contribution is -0.132. The van der Waals surface area contributed by atoms with Crippen molar-refractivity contribution < 1.29 is 14.3 Å². The second-order valence-electron chi connectivity index (χ2n) is 5.86. The predicted molar refractivity (Wildman–Crippen MR) is 89.6 cm³/mol. The summed E-state index contributed by atoms with van der Waals surface area (Å²) in [7, 11) is 1.59. The normalized spacial score (nSPS) is 14.7. The number of carbonyl (C=O) groups excluding carboxylic acids is 2. The van der Waals surface area contributed by atoms with Gasteiger partial charge in [-0.2, -0.15) is 0 Å². The molecule has 1 aromatic rings. The number of methoxy groups -OCH3 is 1. The first-order chi connectivity index (χ1) is 11.2. The third-order valence-electron chi connectivity index (χ3n) is 4.23. The standard InChI is InChI=1S/C18H26N2O3/c1-3-4-5-9-17(21)19-10-12-20(13-11-19)18(22)15-7-6-8-16(14-15)23-2/h6-8,14H,3-5,9-13H2,1-2H3. The van der Waals surface area contributed by atoms with E-state index < -0.39 is 0 Å². The van der Waals surface area contributed by atoms with Gasteiger partial charge in [0, 0.05) is 38.2 Å². The summed E-state index contributed by atoms with van der Waals surface area (Å²) in [5.74, 6) is 0.898. The van der Waals surface area contributed by atoms with Crippen LogP contribution in [0.3, 0.4) is 0 Å². The minimum absolute atomic E-state index is 0.00184. The van der Waals surface area contributed by atoms with Gasteiger partial charge in [-0.15, -0.1) is 0 Å². The lowest BCUT2D eigenvalue weighted by Gasteiger charge is -2.35. The van der Waals surface area contributed by atoms with Gasteiger partial charge in [0.2, 0.25) is 5.91 Å². The van der Waals surface area contributed by atoms with Crippen LogP contribution >= 0.6 is 0 Å². The van der Waals surface area contributed by atoms with Gasteiger partial charge in [0.15, 0.2) is 0 Å². The zero-order valence-electron chi connectivity index (χ0n) is 14.1. The molecule has 0 bridgehead atoms. The molecule has 1 aliphatic rings. The van der Waals surface area contributed by atoms with Gasteiger partial charge >= 0.3 is 0 Å². The van der Waals surface area contributed by atoms with Crippen molar-refractivity contribution in [1.29, 1.82) is 0 Å². The lowest BCUT2D eigenvalue weighted by Crippen LogP contribution is -2.50. The van der Waals surface area contributed by atoms with Crippen LogP contribution in [0.4, 0.5) is 0 Å². The minimum Gasteiger partial charge on any atom is -0.497 e. The van der Waals surface area contributed by atoms with E-state index in [0.717, 1.165) is 19.3 Å². The summed E-state index contributed by atoms with van der Waals surface area (Å²) < 4.78 is 5.16. The van der Waals surface area contributed by atoms with Crippen molar-refractivity contribution in [3.8, 4) is 5.75 Å². The third kappa shape index (κ3) is 4.71. The van der Waals surface area contributed by atoms with Gasteiger partial charge in [0.05, 0.1) is 7.11 Å². The number of piperazine rings is 1. The highest BCUT2D eigenvalue weighted by molar-refractivity contribution is 5.94. The van der Waals surface area contributed by atoms with Crippen LogP contribution in [-0.4, -0.2) is 54.9 Å². The van der Waals surface area contributed by atoms with Crippen LogP contribution in [0.25, 0.3) is 0 Å². The first-order valence-corrected chi connectivity index (χ1v) is 8.36. The molecule has 0 radical (unpaired) electrons. The Morgan fingerprint density at radius 1 is 1.09 bits per heavy atom. The maximum absolute atomic E-state index is 12.5. The second kappa shape index (κ2) is 8.56. The Kier molecular flexibility index (Phi) is 6.44. The number of ether oxygens (including phenoxy) is 1. The molecule has 0 N–H and O–H groups in total. The molecule has 23 heavy (non-hydrogen) atoms. The summed E-state index contributed by atoms with van der Waals surface area (Å²) in [6.07, 6.45) is 3.80. The van der Waals surface area contributed by atoms with Crippen LogP contribution in [0.1, 0.15) is 43.0 Å². The molecule has 2 rings (SSSR count). The van der Waals surface area contributed by atoms with Crippen molar-refractivity contribution in [2.45, 2.75) is 32.6 Å². The van der Waals surface area contributed by atoms with Crippen LogP contribution in [0.15, 0.2) is 24.3 Å². The molecule has 1 aliphatic heterocycles. The molecule has 0 aromatic heterocycles. The number of carbonyl (C=O) groups is 2. The summed E-state index contributed by atoms with van der Waals surface area (Å²) in [4.78, 5) is 28.3. The number of nitrogens with zero attached hydrogens (tertiary/aromatic N) is 2. The number of amides is 2. The molecule has 1 aromatic carbocycles. The van der Waals surface area contributed by atoms with Crippen molar-refractivity contribution in [3.63, 3.8) is 0 Å². The first kappa shape index (κ1) is 17.3. The van der Waals surface area contributed by atoms with Crippen molar-refractivity contribution in [1.82, 2.24) is 9.80 Å². The van der Waals surface area contributed by atoms with Gasteiger partial charge in [0.1, 0.15) is 5.75 Å². The fourth-order valence-electron chi connectivity index (χ4n) is 2.78. The van der Waals surface area contributed by atoms with E-state index in [4.69, 9.17) is 4.74 Å². The molecule has 126 valence electrons. The molecule has 5 nitrogen and oxygen atoms in total. The maximum atomic E-state index is 12.5. The molecule has 0 spiro atoms. The van der Waals surface area contributed by atoms with Gasteiger partial charge in [-0.1, -0.05) is 25.8 Å². The highest BCUT2D eigenvalue weighted by Crippen LogP contribution is 2.16. The summed E-state index contributed by atoms with van der Waals surface area (Å²) in [6, 6.07) is 7.20. The number of hydrogen-bond donors (Lipinski definition) is 0. The monoisotopic (exact) mass is 318 g/mol. The fraction of sp³-hybridized carbons (Fsp3) is 0.556. The molecule has 1 saturated heterocycles. The van der Waals surface area contributed by atoms with E-state index >= 15 is 0 Å². The molecular formula is C18H26N2O3. The fourth-order valence-corrected chi connectivity index (χ4v) is 2.78. The SMILES string of the molecule is CCCCCC(=O)N1CCN(C(=O)c2cccc(OC)c2)CC1. The summed E-state index contributed by atoms with van der Waals surface area (Å²) >= 11 is 0. The zero-order valence-corrected chi connectivity index (χ0v) is 14.1. The van der Waals surface area contributed by atoms with Crippen LogP contribution in [0.2, 0.25) is 0 Å². The van der Waals surface area contributed by atoms with Gasteiger partial charge in [0.25, 0.3) is 5.91 Å². The summed E-state index contributed by atoms with van der Waals surface area (Å²) in [5.41, 5.74) is 0.632. The molecule has 2 amide bonds. The van der Waals surface area contributed by atoms with E-state index in [9.17, 15) is 9.59 Å². The third-order valence-corrected chi connectivity index (χ3v) is 4.23. The number of unbranched alkanes of at least 4 members (excludes halogenated alkanes) is 2. The summed E-state index contributed by atoms with van der Waals surface area (Å²) in [6.45, 7) is 4.57. The molecule has 0 saturated carbocycles. The first-order valence-electron chi connectivity index (χ1n) is 8.36. The van der Waals surface area contributed by atoms with Crippen molar-refractivity contribution in [2.75, 3.05) is 33.3 Å². The number of benzene rings is 1. The highest BCUT2D eigenvalue weighted by atomic mass is 16.5. The molecule has 5 heteroatoms. The Morgan fingerprint density at radius 2 is 1.78 bits per heavy atom. The van der Waals surface area contributed by atoms with Crippen molar-refractivity contribution >= 4 is 11.8 Å². The lowest BCUT2D eigenvalue weighted by atomic mass is 10.1. The van der Waals surface area contributed by atoms with Crippen molar-refractivity contribution in [2.24, 2.45) is 0 Å². The average Bonchev–Trinajstić information content (AvgIpc) is 2.61. The average molecular weight is 318 g/mol. The molecule has 1 fully saturated rings. The Morgan fingerprint density at radius 3 is 2.43 bits per heavy atom. The minimum atomic E-state index is 0.00184. The van der Waals surface area contributed by atoms with E-state index in [1.54, 1.807) is 19.2 Å². The number of rotatable bonds is 6. The molecule has 1 heterocycles. The van der Waals surface area contributed by atoms with Gasteiger partial charge in [-0.05, 0) is 24.6 Å². The topological polar surface area (TPSA) is 49.9 Å². The maximum Gasteiger partial charge on any atom is 0.254 e. The Balaban J connectivity index is 1.86. The van der Waals surface area contributed by atoms with Gasteiger partial charge in [-0.3, -0.25) is 9.59 Å². The molecule has 0 unspecified atom stereocenters. The Bertz CT molecular complexity index is 537. The Labute approximate surface area is 138 Å². The number of hydrogen-bond acceptors (Lipinski definition) is 3. The quantitative estimate of drug-likeness (QED) is 0.758. The van der Waals surface area contributed by atoms with E-state index in [2.05, 4.69) is 6.92 Å². The van der Waals surface area contributed by atoms with E-state index in [1.807, 2.05) is 21.9 Å². The van der Waals surface area contributed by atoms with E-state index in [-0.39, 0.29) is 11.8 Å². The van der Waals surface area contributed by atoms with Crippen LogP contribution in [0, 0.1) is 0 Å². The van der Waals surface area contributed by atoms with Crippen LogP contribution in [0.5, 0.6) is 5.75 Å². The molecule has 0 aliphatic carbocycles. The van der Waals surface area contributed by atoms with Crippen LogP contribution < -0.4 is 4.74 Å². The second-order valence-corrected chi connectivity index (χ2v) is 5.86. The highest BCUT2D eigenvalue weighted by Gasteiger charge is 2.24. The Hall–Kier alpha value is -2.04. The van der Waals surface area contributed by atoms with E-state index in [1.165, 1.54) is 0 Å². The smallest absolute Gasteiger partial charge is 0.254 e. The van der Waals surface area contributed by atoms with Gasteiger partial charge < -0.3 is 14.5 Å². The predicted octanol–water partition coefficient (Wildman–Crippen LogP) is 2.56.